The Bertz CT molecular complexity index is 837. The molecule has 0 aromatic heterocycles. The third kappa shape index (κ3) is 5.37. The molecular formula is C21H20F6N2O2. The fourth-order valence-electron chi connectivity index (χ4n) is 3.63. The highest BCUT2D eigenvalue weighted by Gasteiger charge is 2.35. The van der Waals surface area contributed by atoms with Gasteiger partial charge in [-0.05, 0) is 35.4 Å². The van der Waals surface area contributed by atoms with Gasteiger partial charge in [-0.3, -0.25) is 9.69 Å². The number of benzene rings is 2. The van der Waals surface area contributed by atoms with Crippen molar-refractivity contribution in [2.24, 2.45) is 0 Å². The molecule has 1 fully saturated rings. The first kappa shape index (κ1) is 23.1. The third-order valence-electron chi connectivity index (χ3n) is 5.17. The number of alkyl halides is 6. The Hall–Kier alpha value is -2.59. The van der Waals surface area contributed by atoms with Crippen LogP contribution in [0.3, 0.4) is 0 Å². The van der Waals surface area contributed by atoms with Crippen molar-refractivity contribution < 1.29 is 35.9 Å². The van der Waals surface area contributed by atoms with E-state index in [1.54, 1.807) is 0 Å². The average Bonchev–Trinajstić information content (AvgIpc) is 2.73. The van der Waals surface area contributed by atoms with Gasteiger partial charge in [-0.2, -0.15) is 26.3 Å². The monoisotopic (exact) mass is 446 g/mol. The highest BCUT2D eigenvalue weighted by Crippen LogP contribution is 2.35. The molecule has 1 atom stereocenters. The summed E-state index contributed by atoms with van der Waals surface area (Å²) in [6.07, 6.45) is -9.01. The van der Waals surface area contributed by atoms with Crippen LogP contribution >= 0.6 is 0 Å². The largest absolute Gasteiger partial charge is 0.468 e. The van der Waals surface area contributed by atoms with E-state index in [0.29, 0.717) is 24.2 Å². The highest BCUT2D eigenvalue weighted by atomic mass is 19.4. The normalized spacial score (nSPS) is 18.3. The lowest BCUT2D eigenvalue weighted by Gasteiger charge is -2.38. The van der Waals surface area contributed by atoms with Gasteiger partial charge in [-0.1, -0.05) is 24.3 Å². The second-order valence-electron chi connectivity index (χ2n) is 7.17. The summed E-state index contributed by atoms with van der Waals surface area (Å²) < 4.78 is 82.5. The lowest BCUT2D eigenvalue weighted by Crippen LogP contribution is -2.55. The predicted octanol–water partition coefficient (Wildman–Crippen LogP) is 4.26. The standard InChI is InChI=1S/C21H20F6N2O2/c1-31-19(30)17-12-29(11-10-28-17)18(13-2-6-15(7-3-13)20(22,23)24)14-4-8-16(9-5-14)21(25,26)27/h2-9,17-18,28H,10-12H2,1H3/t17-/m0/s1. The first-order valence-corrected chi connectivity index (χ1v) is 9.40. The second-order valence-corrected chi connectivity index (χ2v) is 7.17. The number of carbonyl (C=O) groups excluding carboxylic acids is 1. The molecule has 2 aromatic carbocycles. The fraction of sp³-hybridized carbons (Fsp3) is 0.381. The summed E-state index contributed by atoms with van der Waals surface area (Å²) in [5.74, 6) is -0.497. The fourth-order valence-corrected chi connectivity index (χ4v) is 3.63. The van der Waals surface area contributed by atoms with E-state index >= 15 is 0 Å². The van der Waals surface area contributed by atoms with Crippen LogP contribution in [0.1, 0.15) is 28.3 Å². The number of rotatable bonds is 4. The van der Waals surface area contributed by atoms with Gasteiger partial charge in [0.25, 0.3) is 0 Å². The van der Waals surface area contributed by atoms with Gasteiger partial charge < -0.3 is 10.1 Å². The van der Waals surface area contributed by atoms with Gasteiger partial charge in [0.2, 0.25) is 0 Å². The van der Waals surface area contributed by atoms with E-state index in [0.717, 1.165) is 24.3 Å². The van der Waals surface area contributed by atoms with Crippen LogP contribution in [0.4, 0.5) is 26.3 Å². The average molecular weight is 446 g/mol. The molecular weight excluding hydrogens is 426 g/mol. The summed E-state index contributed by atoms with van der Waals surface area (Å²) >= 11 is 0. The van der Waals surface area contributed by atoms with Gasteiger partial charge in [0, 0.05) is 19.6 Å². The highest BCUT2D eigenvalue weighted by molar-refractivity contribution is 5.76. The Morgan fingerprint density at radius 2 is 1.39 bits per heavy atom. The van der Waals surface area contributed by atoms with Crippen molar-refractivity contribution in [2.45, 2.75) is 24.4 Å². The minimum atomic E-state index is -4.51. The Kier molecular flexibility index (Phi) is 6.61. The summed E-state index contributed by atoms with van der Waals surface area (Å²) in [5.41, 5.74) is -0.707. The van der Waals surface area contributed by atoms with Crippen LogP contribution in [0.15, 0.2) is 48.5 Å². The molecule has 1 saturated heterocycles. The van der Waals surface area contributed by atoms with Gasteiger partial charge in [-0.25, -0.2) is 0 Å². The zero-order chi connectivity index (χ0) is 22.8. The van der Waals surface area contributed by atoms with E-state index < -0.39 is 41.5 Å². The van der Waals surface area contributed by atoms with Gasteiger partial charge in [0.1, 0.15) is 6.04 Å². The lowest BCUT2D eigenvalue weighted by atomic mass is 9.94. The lowest BCUT2D eigenvalue weighted by molar-refractivity contribution is -0.144. The van der Waals surface area contributed by atoms with Crippen LogP contribution in [0.5, 0.6) is 0 Å². The van der Waals surface area contributed by atoms with Crippen LogP contribution in [0.25, 0.3) is 0 Å². The minimum absolute atomic E-state index is 0.180. The number of nitrogens with one attached hydrogen (secondary N) is 1. The first-order valence-electron chi connectivity index (χ1n) is 9.40. The molecule has 0 amide bonds. The number of halogens is 6. The molecule has 168 valence electrons. The minimum Gasteiger partial charge on any atom is -0.468 e. The van der Waals surface area contributed by atoms with Crippen molar-refractivity contribution in [1.82, 2.24) is 10.2 Å². The van der Waals surface area contributed by atoms with Crippen molar-refractivity contribution in [2.75, 3.05) is 26.7 Å². The van der Waals surface area contributed by atoms with Gasteiger partial charge >= 0.3 is 18.3 Å². The molecule has 1 aliphatic heterocycles. The summed E-state index contributed by atoms with van der Waals surface area (Å²) in [6.45, 7) is 1.01. The summed E-state index contributed by atoms with van der Waals surface area (Å²) in [6, 6.07) is 7.67. The Morgan fingerprint density at radius 3 is 1.77 bits per heavy atom. The number of hydrogen-bond acceptors (Lipinski definition) is 4. The van der Waals surface area contributed by atoms with E-state index in [1.807, 2.05) is 4.90 Å². The molecule has 3 rings (SSSR count). The summed E-state index contributed by atoms with van der Waals surface area (Å²) in [4.78, 5) is 13.8. The SMILES string of the molecule is COC(=O)[C@@H]1CN(C(c2ccc(C(F)(F)F)cc2)c2ccc(C(F)(F)F)cc2)CCN1. The Labute approximate surface area is 174 Å². The molecule has 1 N–H and O–H groups in total. The molecule has 0 saturated carbocycles. The number of ether oxygens (including phenoxy) is 1. The first-order chi connectivity index (χ1) is 14.5. The zero-order valence-corrected chi connectivity index (χ0v) is 16.4. The topological polar surface area (TPSA) is 41.6 Å². The molecule has 1 heterocycles. The molecule has 0 spiro atoms. The van der Waals surface area contributed by atoms with E-state index in [-0.39, 0.29) is 6.54 Å². The van der Waals surface area contributed by atoms with Gasteiger partial charge in [-0.15, -0.1) is 0 Å². The quantitative estimate of drug-likeness (QED) is 0.563. The van der Waals surface area contributed by atoms with Crippen LogP contribution in [0, 0.1) is 0 Å². The molecule has 10 heteroatoms. The van der Waals surface area contributed by atoms with Crippen molar-refractivity contribution >= 4 is 5.97 Å². The number of esters is 1. The Balaban J connectivity index is 1.99. The maximum atomic E-state index is 13.0. The zero-order valence-electron chi connectivity index (χ0n) is 16.4. The molecule has 4 nitrogen and oxygen atoms in total. The smallest absolute Gasteiger partial charge is 0.416 e. The number of piperazine rings is 1. The predicted molar refractivity (Wildman–Crippen MR) is 100 cm³/mol. The van der Waals surface area contributed by atoms with E-state index in [4.69, 9.17) is 4.74 Å². The number of nitrogens with zero attached hydrogens (tertiary/aromatic N) is 1. The molecule has 0 unspecified atom stereocenters. The van der Waals surface area contributed by atoms with Crippen molar-refractivity contribution in [1.29, 1.82) is 0 Å². The molecule has 0 aliphatic carbocycles. The maximum absolute atomic E-state index is 13.0. The third-order valence-corrected chi connectivity index (χ3v) is 5.17. The van der Waals surface area contributed by atoms with Crippen LogP contribution in [-0.4, -0.2) is 43.7 Å². The molecule has 31 heavy (non-hydrogen) atoms. The van der Waals surface area contributed by atoms with Crippen molar-refractivity contribution in [3.8, 4) is 0 Å². The molecule has 2 aromatic rings. The molecule has 0 bridgehead atoms. The second kappa shape index (κ2) is 8.88. The van der Waals surface area contributed by atoms with E-state index in [9.17, 15) is 31.1 Å². The van der Waals surface area contributed by atoms with Crippen molar-refractivity contribution in [3.05, 3.63) is 70.8 Å². The molecule has 0 radical (unpaired) electrons. The molecule has 1 aliphatic rings. The van der Waals surface area contributed by atoms with E-state index in [1.165, 1.54) is 31.4 Å². The van der Waals surface area contributed by atoms with Crippen LogP contribution < -0.4 is 5.32 Å². The maximum Gasteiger partial charge on any atom is 0.416 e. The van der Waals surface area contributed by atoms with E-state index in [2.05, 4.69) is 5.32 Å². The summed E-state index contributed by atoms with van der Waals surface area (Å²) in [7, 11) is 1.24. The summed E-state index contributed by atoms with van der Waals surface area (Å²) in [5, 5.41) is 3.00. The van der Waals surface area contributed by atoms with Gasteiger partial charge in [0.15, 0.2) is 0 Å². The van der Waals surface area contributed by atoms with Gasteiger partial charge in [0.05, 0.1) is 24.3 Å². The Morgan fingerprint density at radius 1 is 0.935 bits per heavy atom. The number of carbonyl (C=O) groups is 1. The van der Waals surface area contributed by atoms with Crippen molar-refractivity contribution in [3.63, 3.8) is 0 Å². The number of methoxy groups -OCH3 is 1. The van der Waals surface area contributed by atoms with Crippen LogP contribution in [-0.2, 0) is 21.9 Å². The van der Waals surface area contributed by atoms with Crippen LogP contribution in [0.2, 0.25) is 0 Å². The number of hydrogen-bond donors (Lipinski definition) is 1.